The van der Waals surface area contributed by atoms with E-state index in [2.05, 4.69) is 10.3 Å². The summed E-state index contributed by atoms with van der Waals surface area (Å²) in [6.07, 6.45) is 3.45. The quantitative estimate of drug-likeness (QED) is 0.595. The number of benzene rings is 2. The van der Waals surface area contributed by atoms with Gasteiger partial charge in [-0.05, 0) is 41.5 Å². The average molecular weight is 417 g/mol. The number of methoxy groups -OCH3 is 2. The van der Waals surface area contributed by atoms with Crippen LogP contribution in [-0.2, 0) is 6.42 Å². The highest BCUT2D eigenvalue weighted by atomic mass is 35.5. The minimum atomic E-state index is -0.325. The summed E-state index contributed by atoms with van der Waals surface area (Å²) in [6.45, 7) is 0. The molecule has 0 atom stereocenters. The fourth-order valence-electron chi connectivity index (χ4n) is 2.74. The molecule has 3 aromatic rings. The lowest BCUT2D eigenvalue weighted by molar-refractivity contribution is 0.102. The highest BCUT2D eigenvalue weighted by Gasteiger charge is 2.14. The van der Waals surface area contributed by atoms with Crippen LogP contribution in [0, 0.1) is 0 Å². The minimum Gasteiger partial charge on any atom is -0.497 e. The van der Waals surface area contributed by atoms with E-state index in [1.165, 1.54) is 12.4 Å². The first kappa shape index (κ1) is 20.0. The van der Waals surface area contributed by atoms with Crippen molar-refractivity contribution in [2.45, 2.75) is 6.42 Å². The van der Waals surface area contributed by atoms with Crippen LogP contribution in [-0.4, -0.2) is 25.1 Å². The van der Waals surface area contributed by atoms with Crippen molar-refractivity contribution in [3.05, 3.63) is 81.6 Å². The van der Waals surface area contributed by atoms with Gasteiger partial charge in [0, 0.05) is 24.4 Å². The zero-order valence-electron chi connectivity index (χ0n) is 15.3. The smallest absolute Gasteiger partial charge is 0.255 e. The Morgan fingerprint density at radius 1 is 1.00 bits per heavy atom. The first-order chi connectivity index (χ1) is 13.5. The van der Waals surface area contributed by atoms with Crippen LogP contribution in [0.3, 0.4) is 0 Å². The summed E-state index contributed by atoms with van der Waals surface area (Å²) >= 11 is 12.2. The molecule has 0 bridgehead atoms. The molecule has 0 spiro atoms. The third kappa shape index (κ3) is 4.55. The molecule has 144 valence electrons. The maximum atomic E-state index is 12.7. The molecular weight excluding hydrogens is 399 g/mol. The Kier molecular flexibility index (Phi) is 6.39. The summed E-state index contributed by atoms with van der Waals surface area (Å²) in [7, 11) is 3.23. The number of aromatic nitrogens is 1. The largest absolute Gasteiger partial charge is 0.497 e. The van der Waals surface area contributed by atoms with Crippen molar-refractivity contribution in [1.29, 1.82) is 0 Å². The number of nitrogens with one attached hydrogen (secondary N) is 1. The van der Waals surface area contributed by atoms with Gasteiger partial charge in [0.05, 0.1) is 30.0 Å². The van der Waals surface area contributed by atoms with Crippen LogP contribution in [0.2, 0.25) is 10.0 Å². The van der Waals surface area contributed by atoms with Crippen LogP contribution in [0.1, 0.15) is 21.5 Å². The van der Waals surface area contributed by atoms with E-state index in [9.17, 15) is 4.79 Å². The number of hydrogen-bond donors (Lipinski definition) is 1. The second-order valence-electron chi connectivity index (χ2n) is 5.98. The maximum Gasteiger partial charge on any atom is 0.255 e. The van der Waals surface area contributed by atoms with Gasteiger partial charge in [0.2, 0.25) is 0 Å². The molecule has 0 saturated heterocycles. The fourth-order valence-corrected chi connectivity index (χ4v) is 3.20. The molecule has 0 saturated carbocycles. The topological polar surface area (TPSA) is 60.5 Å². The SMILES string of the molecule is COc1ccc(Cc2cc(C(=O)Nc3c(Cl)cncc3Cl)ccc2OC)cc1. The molecular formula is C21H18Cl2N2O3. The normalized spacial score (nSPS) is 10.4. The average Bonchev–Trinajstić information content (AvgIpc) is 2.71. The van der Waals surface area contributed by atoms with Gasteiger partial charge in [-0.1, -0.05) is 35.3 Å². The van der Waals surface area contributed by atoms with Gasteiger partial charge in [0.25, 0.3) is 5.91 Å². The van der Waals surface area contributed by atoms with Crippen LogP contribution >= 0.6 is 23.2 Å². The molecule has 28 heavy (non-hydrogen) atoms. The van der Waals surface area contributed by atoms with Gasteiger partial charge in [-0.15, -0.1) is 0 Å². The molecule has 1 N–H and O–H groups in total. The number of pyridine rings is 1. The van der Waals surface area contributed by atoms with E-state index in [0.717, 1.165) is 16.9 Å². The minimum absolute atomic E-state index is 0.271. The summed E-state index contributed by atoms with van der Waals surface area (Å²) in [4.78, 5) is 16.6. The van der Waals surface area contributed by atoms with E-state index in [1.807, 2.05) is 24.3 Å². The summed E-state index contributed by atoms with van der Waals surface area (Å²) in [5, 5.41) is 3.28. The number of ether oxygens (including phenoxy) is 2. The van der Waals surface area contributed by atoms with Gasteiger partial charge >= 0.3 is 0 Å². The number of hydrogen-bond acceptors (Lipinski definition) is 4. The third-order valence-corrected chi connectivity index (χ3v) is 4.76. The Balaban J connectivity index is 1.86. The molecule has 5 nitrogen and oxygen atoms in total. The highest BCUT2D eigenvalue weighted by Crippen LogP contribution is 2.30. The first-order valence-electron chi connectivity index (χ1n) is 8.42. The van der Waals surface area contributed by atoms with Gasteiger partial charge in [0.15, 0.2) is 0 Å². The molecule has 7 heteroatoms. The zero-order valence-corrected chi connectivity index (χ0v) is 16.8. The molecule has 0 fully saturated rings. The van der Waals surface area contributed by atoms with Crippen molar-refractivity contribution >= 4 is 34.8 Å². The molecule has 0 aliphatic carbocycles. The summed E-state index contributed by atoms with van der Waals surface area (Å²) in [5.41, 5.74) is 2.74. The van der Waals surface area contributed by atoms with E-state index < -0.39 is 0 Å². The highest BCUT2D eigenvalue weighted by molar-refractivity contribution is 6.39. The zero-order chi connectivity index (χ0) is 20.1. The van der Waals surface area contributed by atoms with Crippen LogP contribution in [0.15, 0.2) is 54.9 Å². The second-order valence-corrected chi connectivity index (χ2v) is 6.80. The molecule has 2 aromatic carbocycles. The van der Waals surface area contributed by atoms with Crippen molar-refractivity contribution in [2.24, 2.45) is 0 Å². The first-order valence-corrected chi connectivity index (χ1v) is 9.17. The van der Waals surface area contributed by atoms with Gasteiger partial charge < -0.3 is 14.8 Å². The van der Waals surface area contributed by atoms with Crippen LogP contribution < -0.4 is 14.8 Å². The fraction of sp³-hybridized carbons (Fsp3) is 0.143. The van der Waals surface area contributed by atoms with Gasteiger partial charge in [-0.25, -0.2) is 0 Å². The number of carbonyl (C=O) groups is 1. The lowest BCUT2D eigenvalue weighted by atomic mass is 10.0. The Bertz CT molecular complexity index is 971. The number of rotatable bonds is 6. The van der Waals surface area contributed by atoms with Gasteiger partial charge in [0.1, 0.15) is 11.5 Å². The number of carbonyl (C=O) groups excluding carboxylic acids is 1. The Morgan fingerprint density at radius 2 is 1.68 bits per heavy atom. The summed E-state index contributed by atoms with van der Waals surface area (Å²) < 4.78 is 10.6. The monoisotopic (exact) mass is 416 g/mol. The molecule has 3 rings (SSSR count). The lowest BCUT2D eigenvalue weighted by Gasteiger charge is -2.13. The predicted octanol–water partition coefficient (Wildman–Crippen LogP) is 5.25. The van der Waals surface area contributed by atoms with Gasteiger partial charge in [-0.3, -0.25) is 9.78 Å². The molecule has 0 aliphatic rings. The van der Waals surface area contributed by atoms with Crippen LogP contribution in [0.4, 0.5) is 5.69 Å². The van der Waals surface area contributed by atoms with E-state index >= 15 is 0 Å². The Hall–Kier alpha value is -2.76. The van der Waals surface area contributed by atoms with Crippen LogP contribution in [0.25, 0.3) is 0 Å². The molecule has 1 heterocycles. The van der Waals surface area contributed by atoms with Crippen molar-refractivity contribution in [3.63, 3.8) is 0 Å². The molecule has 0 unspecified atom stereocenters. The third-order valence-electron chi connectivity index (χ3n) is 4.19. The Morgan fingerprint density at radius 3 is 2.29 bits per heavy atom. The van der Waals surface area contributed by atoms with Crippen molar-refractivity contribution < 1.29 is 14.3 Å². The van der Waals surface area contributed by atoms with E-state index in [-0.39, 0.29) is 16.0 Å². The van der Waals surface area contributed by atoms with Crippen molar-refractivity contribution in [3.8, 4) is 11.5 Å². The van der Waals surface area contributed by atoms with E-state index in [0.29, 0.717) is 23.4 Å². The Labute approximate surface area is 173 Å². The van der Waals surface area contributed by atoms with E-state index in [4.69, 9.17) is 32.7 Å². The molecule has 1 amide bonds. The van der Waals surface area contributed by atoms with Crippen molar-refractivity contribution in [1.82, 2.24) is 4.98 Å². The lowest BCUT2D eigenvalue weighted by Crippen LogP contribution is -2.13. The standard InChI is InChI=1S/C21H18Cl2N2O3/c1-27-16-6-3-13(4-7-16)9-15-10-14(5-8-19(15)28-2)21(26)25-20-17(22)11-24-12-18(20)23/h3-8,10-12H,9H2,1-2H3,(H,24,25,26). The van der Waals surface area contributed by atoms with Crippen molar-refractivity contribution in [2.75, 3.05) is 19.5 Å². The van der Waals surface area contributed by atoms with Crippen LogP contribution in [0.5, 0.6) is 11.5 Å². The second kappa shape index (κ2) is 8.95. The molecule has 0 radical (unpaired) electrons. The number of amides is 1. The maximum absolute atomic E-state index is 12.7. The summed E-state index contributed by atoms with van der Waals surface area (Å²) in [6, 6.07) is 13.0. The van der Waals surface area contributed by atoms with E-state index in [1.54, 1.807) is 32.4 Å². The number of anilines is 1. The number of nitrogens with zero attached hydrogens (tertiary/aromatic N) is 1. The molecule has 1 aromatic heterocycles. The molecule has 0 aliphatic heterocycles. The summed E-state index contributed by atoms with van der Waals surface area (Å²) in [5.74, 6) is 1.16. The van der Waals surface area contributed by atoms with Gasteiger partial charge in [-0.2, -0.15) is 0 Å². The number of halogens is 2. The predicted molar refractivity (Wildman–Crippen MR) is 111 cm³/mol.